The fourth-order valence-corrected chi connectivity index (χ4v) is 6.37. The number of carbonyl (C=O) groups is 1. The third-order valence-electron chi connectivity index (χ3n) is 7.63. The number of anilines is 1. The van der Waals surface area contributed by atoms with Crippen LogP contribution in [0.2, 0.25) is 0 Å². The monoisotopic (exact) mass is 605 g/mol. The molecule has 7 nitrogen and oxygen atoms in total. The molecule has 2 aliphatic rings. The largest absolute Gasteiger partial charge is 0.573 e. The number of aromatic nitrogens is 3. The number of amides is 1. The Morgan fingerprint density at radius 1 is 1.07 bits per heavy atom. The summed E-state index contributed by atoms with van der Waals surface area (Å²) in [5, 5.41) is 5.26. The molecule has 1 aliphatic carbocycles. The molecule has 6 rings (SSSR count). The first-order chi connectivity index (χ1) is 20.6. The van der Waals surface area contributed by atoms with Gasteiger partial charge in [0.2, 0.25) is 5.91 Å². The van der Waals surface area contributed by atoms with Crippen LogP contribution in [0.15, 0.2) is 84.1 Å². The first kappa shape index (κ1) is 29.0. The summed E-state index contributed by atoms with van der Waals surface area (Å²) in [6.07, 6.45) is -1.85. The highest BCUT2D eigenvalue weighted by Crippen LogP contribution is 2.50. The number of aliphatic imine (C=N–C) groups is 1. The maximum absolute atomic E-state index is 13.0. The van der Waals surface area contributed by atoms with Gasteiger partial charge < -0.3 is 9.64 Å². The van der Waals surface area contributed by atoms with Crippen LogP contribution in [0.1, 0.15) is 49.7 Å². The molecule has 3 aromatic carbocycles. The molecule has 43 heavy (non-hydrogen) atoms. The molecular formula is C32H30F3N5O2S. The van der Waals surface area contributed by atoms with Crippen molar-refractivity contribution in [1.82, 2.24) is 14.8 Å². The first-order valence-corrected chi connectivity index (χ1v) is 15.1. The van der Waals surface area contributed by atoms with Crippen molar-refractivity contribution in [3.05, 3.63) is 90.3 Å². The number of carbonyl (C=O) groups excluding carboxylic acids is 1. The molecule has 1 aliphatic heterocycles. The van der Waals surface area contributed by atoms with E-state index in [1.165, 1.54) is 40.8 Å². The average Bonchev–Trinajstić information content (AvgIpc) is 3.33. The van der Waals surface area contributed by atoms with Crippen LogP contribution in [0.3, 0.4) is 0 Å². The van der Waals surface area contributed by atoms with Gasteiger partial charge in [0.1, 0.15) is 12.1 Å². The highest BCUT2D eigenvalue weighted by atomic mass is 32.2. The minimum Gasteiger partial charge on any atom is -0.406 e. The van der Waals surface area contributed by atoms with Crippen molar-refractivity contribution >= 4 is 28.5 Å². The molecule has 2 unspecified atom stereocenters. The predicted octanol–water partition coefficient (Wildman–Crippen LogP) is 7.59. The quantitative estimate of drug-likeness (QED) is 0.206. The smallest absolute Gasteiger partial charge is 0.406 e. The molecule has 2 heterocycles. The van der Waals surface area contributed by atoms with Gasteiger partial charge in [0.05, 0.1) is 5.69 Å². The molecule has 0 spiro atoms. The molecular weight excluding hydrogens is 575 g/mol. The van der Waals surface area contributed by atoms with E-state index in [9.17, 15) is 18.0 Å². The van der Waals surface area contributed by atoms with E-state index >= 15 is 0 Å². The Kier molecular flexibility index (Phi) is 8.00. The standard InChI is InChI=1S/C32H30F3N5O2S/c1-20(2)26-5-3-4-6-28(26)39-15-16-43-31(39)37-29(41)18-23-17-27(23)21-7-9-22(10-8-21)30-36-19-40(38-30)24-11-13-25(14-12-24)42-32(33,34)35/h3-14,19-20,23,27H,15-18H2,1-2H3. The zero-order chi connectivity index (χ0) is 30.1. The molecule has 0 radical (unpaired) electrons. The normalized spacial score (nSPS) is 19.3. The van der Waals surface area contributed by atoms with Gasteiger partial charge in [-0.15, -0.1) is 18.3 Å². The number of rotatable bonds is 8. The topological polar surface area (TPSA) is 72.6 Å². The van der Waals surface area contributed by atoms with Crippen LogP contribution in [0.25, 0.3) is 17.1 Å². The van der Waals surface area contributed by atoms with Gasteiger partial charge in [0, 0.05) is 30.0 Å². The van der Waals surface area contributed by atoms with Gasteiger partial charge in [-0.1, -0.05) is 68.1 Å². The number of hydrogen-bond acceptors (Lipinski definition) is 5. The minimum atomic E-state index is -4.74. The predicted molar refractivity (Wildman–Crippen MR) is 162 cm³/mol. The van der Waals surface area contributed by atoms with Crippen molar-refractivity contribution in [3.8, 4) is 22.8 Å². The molecule has 11 heteroatoms. The first-order valence-electron chi connectivity index (χ1n) is 14.1. The molecule has 2 fully saturated rings. The minimum absolute atomic E-state index is 0.0757. The zero-order valence-electron chi connectivity index (χ0n) is 23.7. The number of nitrogens with zero attached hydrogens (tertiary/aromatic N) is 5. The highest BCUT2D eigenvalue weighted by Gasteiger charge is 2.40. The molecule has 0 N–H and O–H groups in total. The van der Waals surface area contributed by atoms with Crippen molar-refractivity contribution in [2.45, 2.75) is 44.9 Å². The molecule has 222 valence electrons. The van der Waals surface area contributed by atoms with E-state index < -0.39 is 6.36 Å². The van der Waals surface area contributed by atoms with Gasteiger partial charge >= 0.3 is 6.36 Å². The molecule has 2 atom stereocenters. The fourth-order valence-electron chi connectivity index (χ4n) is 5.40. The maximum Gasteiger partial charge on any atom is 0.573 e. The Morgan fingerprint density at radius 2 is 1.81 bits per heavy atom. The number of benzene rings is 3. The Morgan fingerprint density at radius 3 is 2.53 bits per heavy atom. The third-order valence-corrected chi connectivity index (χ3v) is 8.59. The highest BCUT2D eigenvalue weighted by molar-refractivity contribution is 8.14. The van der Waals surface area contributed by atoms with E-state index in [2.05, 4.69) is 56.8 Å². The van der Waals surface area contributed by atoms with Gasteiger partial charge in [0.25, 0.3) is 0 Å². The lowest BCUT2D eigenvalue weighted by atomic mass is 10.0. The van der Waals surface area contributed by atoms with Crippen LogP contribution in [0, 0.1) is 5.92 Å². The van der Waals surface area contributed by atoms with Gasteiger partial charge in [-0.05, 0) is 65.6 Å². The Balaban J connectivity index is 1.06. The molecule has 4 aromatic rings. The number of halogens is 3. The summed E-state index contributed by atoms with van der Waals surface area (Å²) in [6, 6.07) is 21.7. The SMILES string of the molecule is CC(C)c1ccccc1N1CCSC1=NC(=O)CC1CC1c1ccc(-c2ncn(-c3ccc(OC(F)(F)F)cc3)n2)cc1. The lowest BCUT2D eigenvalue weighted by Crippen LogP contribution is -2.26. The maximum atomic E-state index is 13.0. The van der Waals surface area contributed by atoms with Gasteiger partial charge in [-0.25, -0.2) is 9.67 Å². The average molecular weight is 606 g/mol. The van der Waals surface area contributed by atoms with E-state index in [-0.39, 0.29) is 17.6 Å². The Bertz CT molecular complexity index is 1630. The van der Waals surface area contributed by atoms with Gasteiger partial charge in [-0.2, -0.15) is 4.99 Å². The van der Waals surface area contributed by atoms with Crippen molar-refractivity contribution in [3.63, 3.8) is 0 Å². The van der Waals surface area contributed by atoms with Crippen LogP contribution < -0.4 is 9.64 Å². The van der Waals surface area contributed by atoms with E-state index in [0.29, 0.717) is 29.8 Å². The summed E-state index contributed by atoms with van der Waals surface area (Å²) in [5.74, 6) is 2.00. The second kappa shape index (κ2) is 11.9. The second-order valence-corrected chi connectivity index (χ2v) is 12.0. The summed E-state index contributed by atoms with van der Waals surface area (Å²) in [5.41, 5.74) is 4.93. The number of hydrogen-bond donors (Lipinski definition) is 0. The summed E-state index contributed by atoms with van der Waals surface area (Å²) < 4.78 is 42.7. The van der Waals surface area contributed by atoms with E-state index in [1.807, 2.05) is 30.3 Å². The van der Waals surface area contributed by atoms with E-state index in [0.717, 1.165) is 40.7 Å². The van der Waals surface area contributed by atoms with Crippen LogP contribution >= 0.6 is 11.8 Å². The molecule has 1 saturated heterocycles. The fraction of sp³-hybridized carbons (Fsp3) is 0.312. The summed E-state index contributed by atoms with van der Waals surface area (Å²) in [6.45, 7) is 5.20. The number of thioether (sulfide) groups is 1. The Labute approximate surface area is 251 Å². The van der Waals surface area contributed by atoms with Crippen molar-refractivity contribution in [2.75, 3.05) is 17.2 Å². The number of amidine groups is 1. The number of alkyl halides is 3. The van der Waals surface area contributed by atoms with Crippen LogP contribution in [-0.2, 0) is 4.79 Å². The summed E-state index contributed by atoms with van der Waals surface area (Å²) in [4.78, 5) is 24.0. The second-order valence-electron chi connectivity index (χ2n) is 11.0. The van der Waals surface area contributed by atoms with Crippen LogP contribution in [0.4, 0.5) is 18.9 Å². The van der Waals surface area contributed by atoms with Crippen molar-refractivity contribution in [1.29, 1.82) is 0 Å². The Hall–Kier alpha value is -4.12. The summed E-state index contributed by atoms with van der Waals surface area (Å²) >= 11 is 1.64. The zero-order valence-corrected chi connectivity index (χ0v) is 24.5. The summed E-state index contributed by atoms with van der Waals surface area (Å²) in [7, 11) is 0. The van der Waals surface area contributed by atoms with Gasteiger partial charge in [-0.3, -0.25) is 4.79 Å². The third kappa shape index (κ3) is 6.77. The van der Waals surface area contributed by atoms with E-state index in [4.69, 9.17) is 0 Å². The number of para-hydroxylation sites is 1. The van der Waals surface area contributed by atoms with Crippen LogP contribution in [0.5, 0.6) is 5.75 Å². The molecule has 1 aromatic heterocycles. The molecule has 1 saturated carbocycles. The van der Waals surface area contributed by atoms with E-state index in [1.54, 1.807) is 11.8 Å². The lowest BCUT2D eigenvalue weighted by molar-refractivity contribution is -0.274. The number of ether oxygens (including phenoxy) is 1. The van der Waals surface area contributed by atoms with Gasteiger partial charge in [0.15, 0.2) is 11.0 Å². The lowest BCUT2D eigenvalue weighted by Gasteiger charge is -2.23. The van der Waals surface area contributed by atoms with Crippen molar-refractivity contribution < 1.29 is 22.7 Å². The van der Waals surface area contributed by atoms with Crippen LogP contribution in [-0.4, -0.2) is 44.5 Å². The molecule has 1 amide bonds. The molecule has 0 bridgehead atoms. The van der Waals surface area contributed by atoms with Crippen molar-refractivity contribution in [2.24, 2.45) is 10.9 Å².